The molecule has 17 nitrogen and oxygen atoms in total. The second-order valence-corrected chi connectivity index (χ2v) is 21.6. The van der Waals surface area contributed by atoms with Gasteiger partial charge in [0.1, 0.15) is 0 Å². The molecule has 0 aliphatic carbocycles. The molecule has 0 aromatic rings. The van der Waals surface area contributed by atoms with Gasteiger partial charge in [-0.1, -0.05) is 0 Å². The topological polar surface area (TPSA) is 157 Å². The van der Waals surface area contributed by atoms with Crippen LogP contribution in [0, 0.1) is 0 Å². The third-order valence-electron chi connectivity index (χ3n) is 4.25. The smallest absolute Gasteiger partial charge is 0.356 e. The van der Waals surface area contributed by atoms with E-state index in [1.54, 1.807) is 0 Å². The number of hydrogen-bond acceptors (Lipinski definition) is 17. The molecule has 33 heavy (non-hydrogen) atoms. The zero-order valence-electron chi connectivity index (χ0n) is 19.9. The normalized spacial score (nSPS) is 26.7. The quantitative estimate of drug-likeness (QED) is 0.234. The Morgan fingerprint density at radius 2 is 0.424 bits per heavy atom. The first-order valence-corrected chi connectivity index (χ1v) is 18.8. The molecule has 0 radical (unpaired) electrons. The minimum atomic E-state index is -4.42. The Kier molecular flexibility index (Phi) is 10.3. The van der Waals surface area contributed by atoms with Crippen LogP contribution in [0.3, 0.4) is 0 Å². The molecule has 0 spiro atoms. The molecule has 0 bridgehead atoms. The standard InChI is InChI=1S/C10H30O17Si6/c1-11-28(12-2)21-29(13-3,14-4)24-32(19-9,23-28)27-33(20-10)25-30(15-5,16-6)22-31(17-7,18-8)26-33/h1-10H3. The molecular weight excluding hydrogens is 561 g/mol. The van der Waals surface area contributed by atoms with Gasteiger partial charge in [-0.15, -0.1) is 0 Å². The first kappa shape index (κ1) is 29.8. The first-order valence-electron chi connectivity index (χ1n) is 8.98. The summed E-state index contributed by atoms with van der Waals surface area (Å²) in [5.41, 5.74) is 0. The van der Waals surface area contributed by atoms with Crippen molar-refractivity contribution in [2.45, 2.75) is 0 Å². The zero-order chi connectivity index (χ0) is 25.0. The number of hydrogen-bond donors (Lipinski definition) is 0. The maximum atomic E-state index is 6.12. The highest BCUT2D eigenvalue weighted by molar-refractivity contribution is 6.89. The van der Waals surface area contributed by atoms with Gasteiger partial charge in [0.2, 0.25) is 0 Å². The van der Waals surface area contributed by atoms with Crippen molar-refractivity contribution in [1.82, 2.24) is 0 Å². The summed E-state index contributed by atoms with van der Waals surface area (Å²) in [6, 6.07) is 0. The first-order chi connectivity index (χ1) is 15.6. The van der Waals surface area contributed by atoms with Crippen LogP contribution in [0.4, 0.5) is 0 Å². The van der Waals surface area contributed by atoms with Crippen LogP contribution < -0.4 is 0 Å². The van der Waals surface area contributed by atoms with Gasteiger partial charge in [-0.05, 0) is 0 Å². The monoisotopic (exact) mass is 590 g/mol. The van der Waals surface area contributed by atoms with E-state index in [9.17, 15) is 0 Å². The predicted molar refractivity (Wildman–Crippen MR) is 112 cm³/mol. The average Bonchev–Trinajstić information content (AvgIpc) is 2.87. The molecule has 2 saturated heterocycles. The van der Waals surface area contributed by atoms with E-state index in [1.807, 2.05) is 0 Å². The van der Waals surface area contributed by atoms with Crippen LogP contribution in [0.5, 0.6) is 0 Å². The van der Waals surface area contributed by atoms with Crippen LogP contribution in [-0.2, 0) is 73.1 Å². The third-order valence-corrected chi connectivity index (χ3v) is 23.3. The highest BCUT2D eigenvalue weighted by atomic mass is 28.6. The van der Waals surface area contributed by atoms with Crippen LogP contribution >= 0.6 is 0 Å². The van der Waals surface area contributed by atoms with Gasteiger partial charge in [0.15, 0.2) is 0 Å². The summed E-state index contributed by atoms with van der Waals surface area (Å²) in [4.78, 5) is 0. The van der Waals surface area contributed by atoms with Gasteiger partial charge in [0.05, 0.1) is 0 Å². The van der Waals surface area contributed by atoms with Gasteiger partial charge in [-0.3, -0.25) is 0 Å². The fraction of sp³-hybridized carbons (Fsp3) is 1.00. The Balaban J connectivity index is 2.59. The summed E-state index contributed by atoms with van der Waals surface area (Å²) in [5, 5.41) is 0. The molecule has 2 aliphatic rings. The maximum Gasteiger partial charge on any atom is 0.667 e. The fourth-order valence-electron chi connectivity index (χ4n) is 2.53. The summed E-state index contributed by atoms with van der Waals surface area (Å²) >= 11 is 0. The van der Waals surface area contributed by atoms with Crippen LogP contribution in [0.15, 0.2) is 0 Å². The molecule has 0 aromatic carbocycles. The minimum absolute atomic E-state index is 1.25. The van der Waals surface area contributed by atoms with E-state index in [-0.39, 0.29) is 0 Å². The summed E-state index contributed by atoms with van der Waals surface area (Å²) in [7, 11) is -11.9. The Hall–Kier alpha value is 0.621. The Morgan fingerprint density at radius 3 is 0.576 bits per heavy atom. The van der Waals surface area contributed by atoms with E-state index < -0.39 is 54.3 Å². The molecule has 2 rings (SSSR count). The van der Waals surface area contributed by atoms with Crippen molar-refractivity contribution < 1.29 is 73.1 Å². The van der Waals surface area contributed by atoms with Gasteiger partial charge in [-0.25, -0.2) is 0 Å². The second-order valence-electron chi connectivity index (χ2n) is 5.76. The molecule has 0 saturated carbocycles. The van der Waals surface area contributed by atoms with Gasteiger partial charge in [0.25, 0.3) is 0 Å². The van der Waals surface area contributed by atoms with Gasteiger partial charge in [0, 0.05) is 71.1 Å². The van der Waals surface area contributed by atoms with Crippen LogP contribution in [0.1, 0.15) is 0 Å². The van der Waals surface area contributed by atoms with Crippen molar-refractivity contribution in [2.75, 3.05) is 71.1 Å². The van der Waals surface area contributed by atoms with E-state index in [4.69, 9.17) is 73.1 Å². The van der Waals surface area contributed by atoms with Gasteiger partial charge in [-0.2, -0.15) is 0 Å². The Bertz CT molecular complexity index is 535. The largest absolute Gasteiger partial charge is 0.667 e. The van der Waals surface area contributed by atoms with E-state index in [1.165, 1.54) is 71.1 Å². The summed E-state index contributed by atoms with van der Waals surface area (Å²) in [6.45, 7) is 0. The lowest BCUT2D eigenvalue weighted by atomic mass is 11.8. The zero-order valence-corrected chi connectivity index (χ0v) is 25.9. The SMILES string of the molecule is CO[Si]1(OC)O[Si](OC)(OC)O[Si](OC)(O[Si]2(OC)O[Si](OC)(OC)O[Si](OC)(OC)O2)O1. The molecular formula is C10H30O17Si6. The van der Waals surface area contributed by atoms with Crippen molar-refractivity contribution in [1.29, 1.82) is 0 Å². The second kappa shape index (κ2) is 11.3. The van der Waals surface area contributed by atoms with Crippen molar-refractivity contribution >= 4 is 54.3 Å². The molecule has 2 fully saturated rings. The molecule has 0 unspecified atom stereocenters. The molecule has 2 aliphatic heterocycles. The molecule has 0 aromatic heterocycles. The molecule has 0 atom stereocenters. The molecule has 196 valence electrons. The number of rotatable bonds is 12. The van der Waals surface area contributed by atoms with E-state index >= 15 is 0 Å². The van der Waals surface area contributed by atoms with Crippen molar-refractivity contribution in [3.63, 3.8) is 0 Å². The molecule has 0 amide bonds. The van der Waals surface area contributed by atoms with E-state index in [0.29, 0.717) is 0 Å². The van der Waals surface area contributed by atoms with Crippen LogP contribution in [0.25, 0.3) is 0 Å². The molecule has 0 N–H and O–H groups in total. The van der Waals surface area contributed by atoms with E-state index in [2.05, 4.69) is 0 Å². The highest BCUT2D eigenvalue weighted by Gasteiger charge is 2.80. The maximum absolute atomic E-state index is 6.12. The van der Waals surface area contributed by atoms with Crippen LogP contribution in [0.2, 0.25) is 0 Å². The Morgan fingerprint density at radius 1 is 0.273 bits per heavy atom. The summed E-state index contributed by atoms with van der Waals surface area (Å²) in [5.74, 6) is 0. The lowest BCUT2D eigenvalue weighted by Crippen LogP contribution is -2.81. The lowest BCUT2D eigenvalue weighted by Gasteiger charge is -2.48. The predicted octanol–water partition coefficient (Wildman–Crippen LogP) is -1.79. The third kappa shape index (κ3) is 5.80. The van der Waals surface area contributed by atoms with Gasteiger partial charge >= 0.3 is 54.3 Å². The van der Waals surface area contributed by atoms with Crippen molar-refractivity contribution in [3.8, 4) is 0 Å². The molecule has 2 heterocycles. The fourth-order valence-corrected chi connectivity index (χ4v) is 24.5. The van der Waals surface area contributed by atoms with E-state index in [0.717, 1.165) is 0 Å². The summed E-state index contributed by atoms with van der Waals surface area (Å²) < 4.78 is 95.5. The highest BCUT2D eigenvalue weighted by Crippen LogP contribution is 2.39. The van der Waals surface area contributed by atoms with Crippen molar-refractivity contribution in [3.05, 3.63) is 0 Å². The van der Waals surface area contributed by atoms with Crippen LogP contribution in [-0.4, -0.2) is 125 Å². The van der Waals surface area contributed by atoms with Crippen molar-refractivity contribution in [2.24, 2.45) is 0 Å². The average molecular weight is 591 g/mol. The molecule has 23 heteroatoms. The minimum Gasteiger partial charge on any atom is -0.356 e. The van der Waals surface area contributed by atoms with Gasteiger partial charge < -0.3 is 73.1 Å². The summed E-state index contributed by atoms with van der Waals surface area (Å²) in [6.07, 6.45) is 0. The Labute approximate surface area is 198 Å². The lowest BCUT2D eigenvalue weighted by molar-refractivity contribution is -0.110.